The van der Waals surface area contributed by atoms with Gasteiger partial charge in [-0.2, -0.15) is 5.10 Å². The number of aromatic nitrogens is 2. The lowest BCUT2D eigenvalue weighted by Crippen LogP contribution is -2.49. The molecule has 1 fully saturated rings. The second-order valence-electron chi connectivity index (χ2n) is 7.27. The molecule has 0 bridgehead atoms. The van der Waals surface area contributed by atoms with Crippen molar-refractivity contribution in [3.05, 3.63) is 11.9 Å². The smallest absolute Gasteiger partial charge is 0.161 e. The van der Waals surface area contributed by atoms with Crippen LogP contribution < -0.4 is 10.1 Å². The minimum Gasteiger partial charge on any atom is -0.493 e. The molecular formula is C16H30N4O. The molecule has 0 aromatic carbocycles. The van der Waals surface area contributed by atoms with E-state index in [0.29, 0.717) is 0 Å². The van der Waals surface area contributed by atoms with Crippen molar-refractivity contribution in [2.75, 3.05) is 34.3 Å². The molecule has 0 amide bonds. The number of ether oxygens (including phenoxy) is 1. The summed E-state index contributed by atoms with van der Waals surface area (Å²) in [6.45, 7) is 9.80. The molecule has 0 radical (unpaired) electrons. The third-order valence-electron chi connectivity index (χ3n) is 4.62. The van der Waals surface area contributed by atoms with Crippen LogP contribution in [0.5, 0.6) is 5.75 Å². The fraction of sp³-hybridized carbons (Fsp3) is 0.812. The molecule has 1 aliphatic rings. The minimum atomic E-state index is -0.0683. The summed E-state index contributed by atoms with van der Waals surface area (Å²) in [6.07, 6.45) is 4.18. The Morgan fingerprint density at radius 2 is 2.14 bits per heavy atom. The number of nitrogens with zero attached hydrogens (tertiary/aromatic N) is 3. The highest BCUT2D eigenvalue weighted by atomic mass is 16.5. The van der Waals surface area contributed by atoms with Crippen molar-refractivity contribution in [1.82, 2.24) is 20.0 Å². The highest BCUT2D eigenvalue weighted by Gasteiger charge is 2.49. The second kappa shape index (κ2) is 5.97. The Balaban J connectivity index is 2.46. The molecule has 1 saturated heterocycles. The van der Waals surface area contributed by atoms with Crippen LogP contribution in [0.25, 0.3) is 0 Å². The number of hydrogen-bond acceptors (Lipinski definition) is 4. The number of likely N-dealkylation sites (N-methyl/N-ethyl adjacent to an activating group) is 1. The first-order valence-electron chi connectivity index (χ1n) is 7.82. The highest BCUT2D eigenvalue weighted by Crippen LogP contribution is 2.48. The van der Waals surface area contributed by atoms with E-state index in [2.05, 4.69) is 54.9 Å². The van der Waals surface area contributed by atoms with Crippen molar-refractivity contribution in [3.8, 4) is 5.75 Å². The summed E-state index contributed by atoms with van der Waals surface area (Å²) in [6, 6.07) is 0. The number of methoxy groups -OCH3 is 1. The van der Waals surface area contributed by atoms with Crippen LogP contribution in [0.1, 0.15) is 39.3 Å². The topological polar surface area (TPSA) is 42.3 Å². The molecule has 5 nitrogen and oxygen atoms in total. The van der Waals surface area contributed by atoms with Gasteiger partial charge in [-0.1, -0.05) is 20.8 Å². The lowest BCUT2D eigenvalue weighted by molar-refractivity contribution is 0.142. The van der Waals surface area contributed by atoms with Gasteiger partial charge in [0.05, 0.1) is 25.4 Å². The fourth-order valence-electron chi connectivity index (χ4n) is 3.35. The zero-order chi connectivity index (χ0) is 15.7. The van der Waals surface area contributed by atoms with Gasteiger partial charge in [0.2, 0.25) is 0 Å². The monoisotopic (exact) mass is 294 g/mol. The van der Waals surface area contributed by atoms with Crippen molar-refractivity contribution < 1.29 is 4.74 Å². The lowest BCUT2D eigenvalue weighted by atomic mass is 9.70. The van der Waals surface area contributed by atoms with Crippen molar-refractivity contribution in [2.45, 2.75) is 45.7 Å². The zero-order valence-corrected chi connectivity index (χ0v) is 14.4. The van der Waals surface area contributed by atoms with Gasteiger partial charge in [0.25, 0.3) is 0 Å². The summed E-state index contributed by atoms with van der Waals surface area (Å²) in [7, 11) is 5.92. The third kappa shape index (κ3) is 2.94. The quantitative estimate of drug-likeness (QED) is 0.903. The first kappa shape index (κ1) is 16.3. The molecule has 1 aliphatic heterocycles. The molecule has 120 valence electrons. The second-order valence-corrected chi connectivity index (χ2v) is 7.27. The van der Waals surface area contributed by atoms with Gasteiger partial charge in [0.15, 0.2) is 5.75 Å². The SMILES string of the molecule is COc1cnn(CCN(C)C)c1C1(C(C)(C)C)CCCN1. The van der Waals surface area contributed by atoms with Gasteiger partial charge in [0, 0.05) is 6.54 Å². The summed E-state index contributed by atoms with van der Waals surface area (Å²) in [5, 5.41) is 8.35. The Labute approximate surface area is 128 Å². The van der Waals surface area contributed by atoms with E-state index in [9.17, 15) is 0 Å². The average Bonchev–Trinajstić information content (AvgIpc) is 3.02. The van der Waals surface area contributed by atoms with Gasteiger partial charge < -0.3 is 15.0 Å². The van der Waals surface area contributed by atoms with E-state index in [1.165, 1.54) is 12.1 Å². The lowest BCUT2D eigenvalue weighted by Gasteiger charge is -2.42. The maximum Gasteiger partial charge on any atom is 0.161 e. The van der Waals surface area contributed by atoms with Crippen LogP contribution in [0.4, 0.5) is 0 Å². The molecule has 1 aromatic heterocycles. The van der Waals surface area contributed by atoms with Crippen molar-refractivity contribution in [3.63, 3.8) is 0 Å². The van der Waals surface area contributed by atoms with E-state index in [-0.39, 0.29) is 11.0 Å². The van der Waals surface area contributed by atoms with Gasteiger partial charge in [-0.05, 0) is 38.9 Å². The maximum atomic E-state index is 5.63. The largest absolute Gasteiger partial charge is 0.493 e. The van der Waals surface area contributed by atoms with Crippen LogP contribution in [-0.4, -0.2) is 49.0 Å². The van der Waals surface area contributed by atoms with E-state index in [4.69, 9.17) is 4.74 Å². The molecular weight excluding hydrogens is 264 g/mol. The third-order valence-corrected chi connectivity index (χ3v) is 4.62. The highest BCUT2D eigenvalue weighted by molar-refractivity contribution is 5.35. The summed E-state index contributed by atoms with van der Waals surface area (Å²) in [4.78, 5) is 2.18. The molecule has 2 rings (SSSR count). The fourth-order valence-corrected chi connectivity index (χ4v) is 3.35. The number of hydrogen-bond donors (Lipinski definition) is 1. The van der Waals surface area contributed by atoms with E-state index >= 15 is 0 Å². The van der Waals surface area contributed by atoms with E-state index in [0.717, 1.165) is 31.8 Å². The molecule has 21 heavy (non-hydrogen) atoms. The van der Waals surface area contributed by atoms with Crippen molar-refractivity contribution in [2.24, 2.45) is 5.41 Å². The summed E-state index contributed by atoms with van der Waals surface area (Å²) < 4.78 is 7.76. The molecule has 2 heterocycles. The van der Waals surface area contributed by atoms with E-state index in [1.807, 2.05) is 6.20 Å². The van der Waals surface area contributed by atoms with Crippen LogP contribution in [0.2, 0.25) is 0 Å². The Morgan fingerprint density at radius 3 is 2.62 bits per heavy atom. The zero-order valence-electron chi connectivity index (χ0n) is 14.4. The van der Waals surface area contributed by atoms with Gasteiger partial charge in [-0.15, -0.1) is 0 Å². The van der Waals surface area contributed by atoms with Crippen molar-refractivity contribution >= 4 is 0 Å². The van der Waals surface area contributed by atoms with Gasteiger partial charge in [-0.3, -0.25) is 4.68 Å². The molecule has 1 unspecified atom stereocenters. The molecule has 1 N–H and O–H groups in total. The predicted octanol–water partition coefficient (Wildman–Crippen LogP) is 2.08. The van der Waals surface area contributed by atoms with Crippen molar-refractivity contribution in [1.29, 1.82) is 0 Å². The van der Waals surface area contributed by atoms with Crippen LogP contribution in [0.3, 0.4) is 0 Å². The minimum absolute atomic E-state index is 0.0683. The van der Waals surface area contributed by atoms with Gasteiger partial charge in [0.1, 0.15) is 5.69 Å². The predicted molar refractivity (Wildman–Crippen MR) is 85.7 cm³/mol. The molecule has 1 atom stereocenters. The Bertz CT molecular complexity index is 467. The standard InChI is InChI=1S/C16H30N4O/c1-15(2,3)16(8-7-9-17-16)14-13(21-6)12-18-20(14)11-10-19(4)5/h12,17H,7-11H2,1-6H3. The van der Waals surface area contributed by atoms with E-state index < -0.39 is 0 Å². The van der Waals surface area contributed by atoms with Crippen LogP contribution >= 0.6 is 0 Å². The first-order chi connectivity index (χ1) is 9.82. The Hall–Kier alpha value is -1.07. The molecule has 0 aliphatic carbocycles. The van der Waals surface area contributed by atoms with Crippen LogP contribution in [-0.2, 0) is 12.1 Å². The average molecular weight is 294 g/mol. The molecule has 1 aromatic rings. The summed E-state index contributed by atoms with van der Waals surface area (Å²) in [5.74, 6) is 0.901. The Morgan fingerprint density at radius 1 is 1.43 bits per heavy atom. The Kier molecular flexibility index (Phi) is 4.63. The number of nitrogens with one attached hydrogen (secondary N) is 1. The van der Waals surface area contributed by atoms with E-state index in [1.54, 1.807) is 7.11 Å². The molecule has 0 spiro atoms. The van der Waals surface area contributed by atoms with Gasteiger partial charge >= 0.3 is 0 Å². The van der Waals surface area contributed by atoms with Gasteiger partial charge in [-0.25, -0.2) is 0 Å². The first-order valence-corrected chi connectivity index (χ1v) is 7.82. The maximum absolute atomic E-state index is 5.63. The molecule has 0 saturated carbocycles. The number of rotatable bonds is 5. The van der Waals surface area contributed by atoms with Crippen LogP contribution in [0.15, 0.2) is 6.20 Å². The molecule has 5 heteroatoms. The van der Waals surface area contributed by atoms with Crippen LogP contribution in [0, 0.1) is 5.41 Å². The summed E-state index contributed by atoms with van der Waals surface area (Å²) in [5.41, 5.74) is 1.24. The normalized spacial score (nSPS) is 23.0. The summed E-state index contributed by atoms with van der Waals surface area (Å²) >= 11 is 0.